The van der Waals surface area contributed by atoms with E-state index in [1.54, 1.807) is 0 Å². The zero-order chi connectivity index (χ0) is 26.7. The summed E-state index contributed by atoms with van der Waals surface area (Å²) in [5.74, 6) is 0.164. The average molecular weight is 508 g/mol. The van der Waals surface area contributed by atoms with E-state index >= 15 is 0 Å². The Morgan fingerprint density at radius 3 is 1.70 bits per heavy atom. The summed E-state index contributed by atoms with van der Waals surface area (Å²) in [5, 5.41) is 9.33. The van der Waals surface area contributed by atoms with E-state index < -0.39 is 5.41 Å². The van der Waals surface area contributed by atoms with Crippen molar-refractivity contribution in [1.82, 2.24) is 0 Å². The van der Waals surface area contributed by atoms with Crippen LogP contribution in [-0.2, 0) is 5.41 Å². The molecular formula is C39H25N. The SMILES string of the molecule is N#Cc1ccc(-c2ccc3c(c2)C2(c4ccccc4-3)c3ccccc3C(c3ccccc3)c3ccccc32)cc1. The van der Waals surface area contributed by atoms with Gasteiger partial charge in [0.25, 0.3) is 0 Å². The number of hydrogen-bond acceptors (Lipinski definition) is 1. The van der Waals surface area contributed by atoms with Crippen molar-refractivity contribution in [3.8, 4) is 28.3 Å². The van der Waals surface area contributed by atoms with Gasteiger partial charge in [0, 0.05) is 5.92 Å². The Labute approximate surface area is 234 Å². The third-order valence-electron chi connectivity index (χ3n) is 8.88. The predicted molar refractivity (Wildman–Crippen MR) is 161 cm³/mol. The number of nitriles is 1. The Hall–Kier alpha value is -5.19. The van der Waals surface area contributed by atoms with Crippen molar-refractivity contribution in [2.75, 3.05) is 0 Å². The molecule has 0 aliphatic heterocycles. The molecule has 0 aromatic heterocycles. The molecule has 0 bridgehead atoms. The van der Waals surface area contributed by atoms with Crippen LogP contribution in [0, 0.1) is 11.3 Å². The second-order valence-electron chi connectivity index (χ2n) is 10.8. The summed E-state index contributed by atoms with van der Waals surface area (Å²) in [6.45, 7) is 0. The first kappa shape index (κ1) is 22.8. The number of rotatable bonds is 2. The summed E-state index contributed by atoms with van der Waals surface area (Å²) in [4.78, 5) is 0. The molecule has 8 rings (SSSR count). The van der Waals surface area contributed by atoms with Crippen molar-refractivity contribution >= 4 is 0 Å². The molecule has 1 spiro atoms. The van der Waals surface area contributed by atoms with E-state index in [-0.39, 0.29) is 5.92 Å². The maximum absolute atomic E-state index is 9.33. The van der Waals surface area contributed by atoms with Crippen LogP contribution in [-0.4, -0.2) is 0 Å². The lowest BCUT2D eigenvalue weighted by Gasteiger charge is -2.43. The molecule has 40 heavy (non-hydrogen) atoms. The van der Waals surface area contributed by atoms with Gasteiger partial charge in [-0.15, -0.1) is 0 Å². The van der Waals surface area contributed by atoms with E-state index in [1.165, 1.54) is 50.1 Å². The van der Waals surface area contributed by atoms with E-state index in [0.29, 0.717) is 5.56 Å². The third kappa shape index (κ3) is 3.02. The maximum atomic E-state index is 9.33. The number of nitrogens with zero attached hydrogens (tertiary/aromatic N) is 1. The van der Waals surface area contributed by atoms with Gasteiger partial charge in [-0.2, -0.15) is 5.26 Å². The first-order valence-corrected chi connectivity index (χ1v) is 13.8. The lowest BCUT2D eigenvalue weighted by molar-refractivity contribution is 0.697. The van der Waals surface area contributed by atoms with Crippen LogP contribution in [0.3, 0.4) is 0 Å². The van der Waals surface area contributed by atoms with Gasteiger partial charge in [-0.25, -0.2) is 0 Å². The van der Waals surface area contributed by atoms with Gasteiger partial charge < -0.3 is 0 Å². The zero-order valence-electron chi connectivity index (χ0n) is 21.9. The minimum absolute atomic E-state index is 0.164. The summed E-state index contributed by atoms with van der Waals surface area (Å²) in [5.41, 5.74) is 14.5. The van der Waals surface area contributed by atoms with Gasteiger partial charge in [0.2, 0.25) is 0 Å². The van der Waals surface area contributed by atoms with E-state index in [2.05, 4.69) is 140 Å². The van der Waals surface area contributed by atoms with Gasteiger partial charge in [-0.1, -0.05) is 127 Å². The van der Waals surface area contributed by atoms with Gasteiger partial charge >= 0.3 is 0 Å². The van der Waals surface area contributed by atoms with E-state index in [1.807, 2.05) is 12.1 Å². The highest BCUT2D eigenvalue weighted by molar-refractivity contribution is 5.90. The Bertz CT molecular complexity index is 1910. The van der Waals surface area contributed by atoms with Crippen molar-refractivity contribution in [1.29, 1.82) is 5.26 Å². The highest BCUT2D eigenvalue weighted by Gasteiger charge is 2.51. The van der Waals surface area contributed by atoms with Crippen LogP contribution in [0.4, 0.5) is 0 Å². The van der Waals surface area contributed by atoms with Crippen molar-refractivity contribution in [3.63, 3.8) is 0 Å². The quantitative estimate of drug-likeness (QED) is 0.229. The fourth-order valence-corrected chi connectivity index (χ4v) is 7.27. The molecule has 0 unspecified atom stereocenters. The molecule has 0 amide bonds. The van der Waals surface area contributed by atoms with Gasteiger partial charge in [0.1, 0.15) is 0 Å². The molecule has 0 atom stereocenters. The van der Waals surface area contributed by atoms with E-state index in [4.69, 9.17) is 0 Å². The van der Waals surface area contributed by atoms with E-state index in [9.17, 15) is 5.26 Å². The normalized spacial score (nSPS) is 17.8. The molecular weight excluding hydrogens is 482 g/mol. The van der Waals surface area contributed by atoms with Crippen LogP contribution < -0.4 is 0 Å². The lowest BCUT2D eigenvalue weighted by atomic mass is 9.58. The standard InChI is InChI=1S/C39H25N/c40-25-26-18-20-27(21-19-26)29-22-23-31-30-12-4-7-15-34(30)39(37(31)24-29)35-16-8-5-13-32(35)38(28-10-2-1-3-11-28)33-14-6-9-17-36(33)39/h1-24,38H. The molecule has 1 heteroatoms. The van der Waals surface area contributed by atoms with Gasteiger partial charge in [0.05, 0.1) is 17.0 Å². The summed E-state index contributed by atoms with van der Waals surface area (Å²) in [6, 6.07) is 55.1. The molecule has 1 nitrogen and oxygen atoms in total. The van der Waals surface area contributed by atoms with Crippen molar-refractivity contribution < 1.29 is 0 Å². The second-order valence-corrected chi connectivity index (χ2v) is 10.8. The molecule has 6 aromatic carbocycles. The third-order valence-corrected chi connectivity index (χ3v) is 8.88. The summed E-state index contributed by atoms with van der Waals surface area (Å²) in [6.07, 6.45) is 0. The Kier molecular flexibility index (Phi) is 4.93. The van der Waals surface area contributed by atoms with Crippen molar-refractivity contribution in [3.05, 3.63) is 190 Å². The lowest BCUT2D eigenvalue weighted by Crippen LogP contribution is -2.36. The topological polar surface area (TPSA) is 23.8 Å². The molecule has 0 N–H and O–H groups in total. The van der Waals surface area contributed by atoms with Crippen LogP contribution in [0.15, 0.2) is 146 Å². The Morgan fingerprint density at radius 2 is 1.02 bits per heavy atom. The van der Waals surface area contributed by atoms with Gasteiger partial charge in [0.15, 0.2) is 0 Å². The minimum Gasteiger partial charge on any atom is -0.192 e. The molecule has 2 aliphatic carbocycles. The molecule has 0 saturated carbocycles. The Balaban J connectivity index is 1.48. The highest BCUT2D eigenvalue weighted by atomic mass is 14.5. The van der Waals surface area contributed by atoms with Gasteiger partial charge in [-0.05, 0) is 79.4 Å². The fraction of sp³-hybridized carbons (Fsp3) is 0.0513. The second kappa shape index (κ2) is 8.67. The Morgan fingerprint density at radius 1 is 0.475 bits per heavy atom. The fourth-order valence-electron chi connectivity index (χ4n) is 7.27. The van der Waals surface area contributed by atoms with Crippen molar-refractivity contribution in [2.24, 2.45) is 0 Å². The summed E-state index contributed by atoms with van der Waals surface area (Å²) < 4.78 is 0. The average Bonchev–Trinajstić information content (AvgIpc) is 3.32. The first-order valence-electron chi connectivity index (χ1n) is 13.8. The van der Waals surface area contributed by atoms with Gasteiger partial charge in [-0.3, -0.25) is 0 Å². The molecule has 0 saturated heterocycles. The number of hydrogen-bond donors (Lipinski definition) is 0. The highest BCUT2D eigenvalue weighted by Crippen LogP contribution is 2.62. The van der Waals surface area contributed by atoms with Crippen LogP contribution >= 0.6 is 0 Å². The predicted octanol–water partition coefficient (Wildman–Crippen LogP) is 9.08. The summed E-state index contributed by atoms with van der Waals surface area (Å²) >= 11 is 0. The maximum Gasteiger partial charge on any atom is 0.0991 e. The monoisotopic (exact) mass is 507 g/mol. The molecule has 2 aliphatic rings. The number of fused-ring (bicyclic) bond motifs is 9. The molecule has 0 radical (unpaired) electrons. The largest absolute Gasteiger partial charge is 0.192 e. The van der Waals surface area contributed by atoms with Crippen LogP contribution in [0.2, 0.25) is 0 Å². The summed E-state index contributed by atoms with van der Waals surface area (Å²) in [7, 11) is 0. The van der Waals surface area contributed by atoms with Crippen LogP contribution in [0.1, 0.15) is 50.4 Å². The molecule has 0 heterocycles. The smallest absolute Gasteiger partial charge is 0.0991 e. The number of benzene rings is 6. The van der Waals surface area contributed by atoms with Crippen LogP contribution in [0.25, 0.3) is 22.3 Å². The molecule has 186 valence electrons. The minimum atomic E-state index is -0.424. The van der Waals surface area contributed by atoms with Crippen molar-refractivity contribution in [2.45, 2.75) is 11.3 Å². The zero-order valence-corrected chi connectivity index (χ0v) is 21.9. The first-order chi connectivity index (χ1) is 19.8. The van der Waals surface area contributed by atoms with E-state index in [0.717, 1.165) is 11.1 Å². The van der Waals surface area contributed by atoms with Crippen LogP contribution in [0.5, 0.6) is 0 Å². The molecule has 6 aromatic rings. The molecule has 0 fully saturated rings.